The summed E-state index contributed by atoms with van der Waals surface area (Å²) in [5.74, 6) is 0. The van der Waals surface area contributed by atoms with E-state index in [-0.39, 0.29) is 4.90 Å². The topological polar surface area (TPSA) is 76.1 Å². The number of nitrogens with one attached hydrogen (secondary N) is 1. The summed E-state index contributed by atoms with van der Waals surface area (Å²) in [5, 5.41) is 0. The van der Waals surface area contributed by atoms with Gasteiger partial charge in [-0.25, -0.2) is 13.1 Å². The van der Waals surface area contributed by atoms with Crippen molar-refractivity contribution in [3.63, 3.8) is 0 Å². The Balaban J connectivity index is 1.53. The van der Waals surface area contributed by atoms with Gasteiger partial charge in [-0.2, -0.15) is 0 Å². The second-order valence-electron chi connectivity index (χ2n) is 6.42. The van der Waals surface area contributed by atoms with Gasteiger partial charge >= 0.3 is 0 Å². The lowest BCUT2D eigenvalue weighted by molar-refractivity contribution is 0.112. The standard InChI is InChI=1S/C21H22N2O3S2/c24-16-19-14-18(21(27-19)13-17-7-6-11-22-15-17)8-4-5-12-23-28(25,26)20-9-2-1-3-10-20/h1-3,6-7,9-11,14-16,23H,4-5,8,12-13H2. The number of sulfonamides is 1. The monoisotopic (exact) mass is 414 g/mol. The highest BCUT2D eigenvalue weighted by molar-refractivity contribution is 7.89. The van der Waals surface area contributed by atoms with Crippen molar-refractivity contribution < 1.29 is 13.2 Å². The van der Waals surface area contributed by atoms with Gasteiger partial charge in [0.25, 0.3) is 0 Å². The maximum atomic E-state index is 12.2. The first-order valence-electron chi connectivity index (χ1n) is 9.09. The Kier molecular flexibility index (Phi) is 7.08. The van der Waals surface area contributed by atoms with Crippen molar-refractivity contribution in [1.82, 2.24) is 9.71 Å². The number of unbranched alkanes of at least 4 members (excludes halogenated alkanes) is 1. The van der Waals surface area contributed by atoms with Crippen LogP contribution in [0.4, 0.5) is 0 Å². The first-order chi connectivity index (χ1) is 13.6. The fourth-order valence-electron chi connectivity index (χ4n) is 2.93. The largest absolute Gasteiger partial charge is 0.297 e. The summed E-state index contributed by atoms with van der Waals surface area (Å²) in [6.45, 7) is 0.389. The molecule has 0 amide bonds. The summed E-state index contributed by atoms with van der Waals surface area (Å²) in [6, 6.07) is 14.2. The molecule has 0 aliphatic carbocycles. The van der Waals surface area contributed by atoms with Crippen molar-refractivity contribution in [2.75, 3.05) is 6.54 Å². The molecular weight excluding hydrogens is 392 g/mol. The quantitative estimate of drug-likeness (QED) is 0.404. The van der Waals surface area contributed by atoms with Crippen molar-refractivity contribution in [3.05, 3.63) is 81.8 Å². The van der Waals surface area contributed by atoms with E-state index in [1.165, 1.54) is 16.2 Å². The summed E-state index contributed by atoms with van der Waals surface area (Å²) < 4.78 is 27.1. The van der Waals surface area contributed by atoms with E-state index >= 15 is 0 Å². The highest BCUT2D eigenvalue weighted by atomic mass is 32.2. The highest BCUT2D eigenvalue weighted by Crippen LogP contribution is 2.25. The smallest absolute Gasteiger partial charge is 0.240 e. The van der Waals surface area contributed by atoms with Crippen LogP contribution in [0.25, 0.3) is 0 Å². The van der Waals surface area contributed by atoms with Gasteiger partial charge in [0.2, 0.25) is 10.0 Å². The van der Waals surface area contributed by atoms with Gasteiger partial charge in [0.05, 0.1) is 9.77 Å². The SMILES string of the molecule is O=Cc1cc(CCCCNS(=O)(=O)c2ccccc2)c(Cc2cccnc2)s1. The van der Waals surface area contributed by atoms with Gasteiger partial charge in [-0.15, -0.1) is 11.3 Å². The van der Waals surface area contributed by atoms with Gasteiger partial charge in [0.15, 0.2) is 6.29 Å². The van der Waals surface area contributed by atoms with E-state index in [9.17, 15) is 13.2 Å². The molecule has 28 heavy (non-hydrogen) atoms. The number of aldehydes is 1. The minimum atomic E-state index is -3.46. The van der Waals surface area contributed by atoms with E-state index in [4.69, 9.17) is 0 Å². The maximum absolute atomic E-state index is 12.2. The number of carbonyl (C=O) groups excluding carboxylic acids is 1. The normalized spacial score (nSPS) is 11.4. The molecular formula is C21H22N2O3S2. The summed E-state index contributed by atoms with van der Waals surface area (Å²) in [5.41, 5.74) is 2.26. The Bertz CT molecular complexity index is 1000. The van der Waals surface area contributed by atoms with Crippen LogP contribution in [0.3, 0.4) is 0 Å². The van der Waals surface area contributed by atoms with Crippen molar-refractivity contribution >= 4 is 27.6 Å². The second kappa shape index (κ2) is 9.73. The van der Waals surface area contributed by atoms with Gasteiger partial charge in [0.1, 0.15) is 0 Å². The van der Waals surface area contributed by atoms with Crippen LogP contribution in [-0.2, 0) is 22.9 Å². The summed E-state index contributed by atoms with van der Waals surface area (Å²) in [6.07, 6.45) is 7.59. The molecule has 146 valence electrons. The predicted octanol–water partition coefficient (Wildman–Crippen LogP) is 3.85. The molecule has 1 aromatic carbocycles. The van der Waals surface area contributed by atoms with Crippen molar-refractivity contribution in [2.45, 2.75) is 30.6 Å². The average Bonchev–Trinajstić information content (AvgIpc) is 3.11. The van der Waals surface area contributed by atoms with Gasteiger partial charge in [0, 0.05) is 30.2 Å². The first kappa shape index (κ1) is 20.4. The summed E-state index contributed by atoms with van der Waals surface area (Å²) in [4.78, 5) is 17.5. The van der Waals surface area contributed by atoms with Crippen molar-refractivity contribution in [3.8, 4) is 0 Å². The minimum Gasteiger partial charge on any atom is -0.297 e. The molecule has 0 bridgehead atoms. The van der Waals surface area contributed by atoms with E-state index in [0.717, 1.165) is 48.0 Å². The minimum absolute atomic E-state index is 0.280. The molecule has 3 rings (SSSR count). The zero-order valence-electron chi connectivity index (χ0n) is 15.4. The van der Waals surface area contributed by atoms with Crippen LogP contribution in [-0.4, -0.2) is 26.2 Å². The Labute approximate surface area is 169 Å². The fourth-order valence-corrected chi connectivity index (χ4v) is 5.09. The van der Waals surface area contributed by atoms with Crippen LogP contribution in [0.1, 0.15) is 38.5 Å². The fraction of sp³-hybridized carbons (Fsp3) is 0.238. The molecule has 0 radical (unpaired) electrons. The van der Waals surface area contributed by atoms with E-state index < -0.39 is 10.0 Å². The lowest BCUT2D eigenvalue weighted by Gasteiger charge is -2.07. The Hall–Kier alpha value is -2.35. The summed E-state index contributed by atoms with van der Waals surface area (Å²) in [7, 11) is -3.46. The third-order valence-corrected chi connectivity index (χ3v) is 6.92. The van der Waals surface area contributed by atoms with Crippen LogP contribution >= 0.6 is 11.3 Å². The number of benzene rings is 1. The number of carbonyl (C=O) groups is 1. The molecule has 0 aliphatic rings. The maximum Gasteiger partial charge on any atom is 0.240 e. The molecule has 2 aromatic heterocycles. The van der Waals surface area contributed by atoms with E-state index in [0.29, 0.717) is 6.54 Å². The van der Waals surface area contributed by atoms with Crippen LogP contribution in [0.15, 0.2) is 65.8 Å². The average molecular weight is 415 g/mol. The van der Waals surface area contributed by atoms with Crippen LogP contribution < -0.4 is 4.72 Å². The molecule has 0 fully saturated rings. The number of pyridine rings is 1. The lowest BCUT2D eigenvalue weighted by atomic mass is 10.0. The molecule has 0 spiro atoms. The molecule has 0 aliphatic heterocycles. The molecule has 7 heteroatoms. The van der Waals surface area contributed by atoms with Crippen molar-refractivity contribution in [1.29, 1.82) is 0 Å². The van der Waals surface area contributed by atoms with E-state index in [1.54, 1.807) is 36.5 Å². The Morgan fingerprint density at radius 3 is 2.61 bits per heavy atom. The number of thiophene rings is 1. The molecule has 0 atom stereocenters. The second-order valence-corrected chi connectivity index (χ2v) is 9.36. The number of hydrogen-bond acceptors (Lipinski definition) is 5. The zero-order valence-corrected chi connectivity index (χ0v) is 17.0. The third-order valence-electron chi connectivity index (χ3n) is 4.34. The van der Waals surface area contributed by atoms with Gasteiger partial charge in [-0.05, 0) is 54.7 Å². The van der Waals surface area contributed by atoms with Gasteiger partial charge < -0.3 is 0 Å². The lowest BCUT2D eigenvalue weighted by Crippen LogP contribution is -2.24. The van der Waals surface area contributed by atoms with Crippen LogP contribution in [0, 0.1) is 0 Å². The number of aryl methyl sites for hydroxylation is 1. The Morgan fingerprint density at radius 1 is 1.07 bits per heavy atom. The summed E-state index contributed by atoms with van der Waals surface area (Å²) >= 11 is 1.51. The molecule has 5 nitrogen and oxygen atoms in total. The number of nitrogens with zero attached hydrogens (tertiary/aromatic N) is 1. The van der Waals surface area contributed by atoms with Crippen LogP contribution in [0.2, 0.25) is 0 Å². The third kappa shape index (κ3) is 5.58. The van der Waals surface area contributed by atoms with E-state index in [1.807, 2.05) is 24.4 Å². The molecule has 0 saturated heterocycles. The van der Waals surface area contributed by atoms with Crippen molar-refractivity contribution in [2.24, 2.45) is 0 Å². The van der Waals surface area contributed by atoms with Crippen LogP contribution in [0.5, 0.6) is 0 Å². The van der Waals surface area contributed by atoms with Gasteiger partial charge in [-0.1, -0.05) is 24.3 Å². The number of aromatic nitrogens is 1. The Morgan fingerprint density at radius 2 is 1.89 bits per heavy atom. The zero-order chi connectivity index (χ0) is 19.8. The molecule has 0 unspecified atom stereocenters. The van der Waals surface area contributed by atoms with Gasteiger partial charge in [-0.3, -0.25) is 9.78 Å². The number of hydrogen-bond donors (Lipinski definition) is 1. The molecule has 3 aromatic rings. The highest BCUT2D eigenvalue weighted by Gasteiger charge is 2.13. The van der Waals surface area contributed by atoms with E-state index in [2.05, 4.69) is 9.71 Å². The molecule has 0 saturated carbocycles. The first-order valence-corrected chi connectivity index (χ1v) is 11.4. The molecule has 1 N–H and O–H groups in total. The number of rotatable bonds is 10. The predicted molar refractivity (Wildman–Crippen MR) is 111 cm³/mol. The molecule has 2 heterocycles.